The van der Waals surface area contributed by atoms with Crippen LogP contribution >= 0.6 is 0 Å². The Balaban J connectivity index is 1.19. The van der Waals surface area contributed by atoms with Crippen molar-refractivity contribution in [2.45, 2.75) is 57.3 Å². The molecule has 282 valence electrons. The van der Waals surface area contributed by atoms with E-state index in [2.05, 4.69) is 84.9 Å². The lowest BCUT2D eigenvalue weighted by atomic mass is 9.78. The first-order valence-corrected chi connectivity index (χ1v) is 19.0. The smallest absolute Gasteiger partial charge is 0.410 e. The summed E-state index contributed by atoms with van der Waals surface area (Å²) >= 11 is 0. The van der Waals surface area contributed by atoms with E-state index in [9.17, 15) is 4.79 Å². The van der Waals surface area contributed by atoms with Gasteiger partial charge in [0, 0.05) is 31.0 Å². The fraction of sp³-hybridized carbons (Fsp3) is 0.340. The Bertz CT molecular complexity index is 1780. The van der Waals surface area contributed by atoms with Crippen LogP contribution in [0.1, 0.15) is 67.3 Å². The highest BCUT2D eigenvalue weighted by Gasteiger charge is 2.41. The fourth-order valence-corrected chi connectivity index (χ4v) is 7.30. The first-order valence-electron chi connectivity index (χ1n) is 19.0. The molecule has 1 heterocycles. The number of amides is 1. The van der Waals surface area contributed by atoms with Crippen molar-refractivity contribution in [2.24, 2.45) is 5.92 Å². The van der Waals surface area contributed by atoms with Gasteiger partial charge in [0.05, 0.1) is 33.5 Å². The highest BCUT2D eigenvalue weighted by Crippen LogP contribution is 2.43. The summed E-state index contributed by atoms with van der Waals surface area (Å²) in [5, 5.41) is 0. The molecule has 0 bridgehead atoms. The van der Waals surface area contributed by atoms with E-state index in [1.54, 1.807) is 7.11 Å². The third-order valence-electron chi connectivity index (χ3n) is 9.90. The monoisotopic (exact) mass is 727 g/mol. The molecule has 5 aromatic carbocycles. The van der Waals surface area contributed by atoms with Gasteiger partial charge in [-0.3, -0.25) is 0 Å². The topological polar surface area (TPSA) is 66.5 Å². The van der Waals surface area contributed by atoms with E-state index < -0.39 is 11.2 Å². The van der Waals surface area contributed by atoms with Gasteiger partial charge in [-0.2, -0.15) is 0 Å². The maximum Gasteiger partial charge on any atom is 0.410 e. The third kappa shape index (κ3) is 9.70. The van der Waals surface area contributed by atoms with E-state index in [4.69, 9.17) is 23.7 Å². The number of ether oxygens (including phenoxy) is 5. The third-order valence-corrected chi connectivity index (χ3v) is 9.90. The van der Waals surface area contributed by atoms with E-state index in [1.807, 2.05) is 80.3 Å². The van der Waals surface area contributed by atoms with Crippen molar-refractivity contribution in [2.75, 3.05) is 40.0 Å². The van der Waals surface area contributed by atoms with E-state index in [1.165, 1.54) is 5.56 Å². The Labute approximate surface area is 320 Å². The minimum Gasteiger partial charge on any atom is -0.496 e. The number of nitrogens with zero attached hydrogens (tertiary/aromatic N) is 1. The lowest BCUT2D eigenvalue weighted by Gasteiger charge is -2.42. The molecule has 0 spiro atoms. The van der Waals surface area contributed by atoms with Crippen LogP contribution in [0.3, 0.4) is 0 Å². The normalized spacial score (nSPS) is 16.1. The molecule has 0 saturated carbocycles. The molecule has 54 heavy (non-hydrogen) atoms. The molecular formula is C47H53NO6. The van der Waals surface area contributed by atoms with Crippen molar-refractivity contribution < 1.29 is 28.5 Å². The minimum atomic E-state index is -0.864. The highest BCUT2D eigenvalue weighted by molar-refractivity contribution is 5.68. The molecule has 7 nitrogen and oxygen atoms in total. The largest absolute Gasteiger partial charge is 0.496 e. The molecule has 1 saturated heterocycles. The van der Waals surface area contributed by atoms with Gasteiger partial charge in [-0.05, 0) is 73.6 Å². The van der Waals surface area contributed by atoms with E-state index in [-0.39, 0.29) is 17.9 Å². The molecule has 0 radical (unpaired) electrons. The van der Waals surface area contributed by atoms with Gasteiger partial charge in [-0.25, -0.2) is 4.79 Å². The van der Waals surface area contributed by atoms with E-state index in [0.29, 0.717) is 39.5 Å². The highest BCUT2D eigenvalue weighted by atomic mass is 16.6. The van der Waals surface area contributed by atoms with Crippen LogP contribution < -0.4 is 9.47 Å². The molecule has 1 fully saturated rings. The lowest BCUT2D eigenvalue weighted by molar-refractivity contribution is -0.0335. The van der Waals surface area contributed by atoms with Gasteiger partial charge < -0.3 is 28.6 Å². The van der Waals surface area contributed by atoms with Crippen molar-refractivity contribution in [1.29, 1.82) is 0 Å². The summed E-state index contributed by atoms with van der Waals surface area (Å²) in [6.07, 6.45) is 1.26. The van der Waals surface area contributed by atoms with Crippen LogP contribution in [0.4, 0.5) is 4.79 Å². The van der Waals surface area contributed by atoms with Crippen molar-refractivity contribution in [3.8, 4) is 11.5 Å². The lowest BCUT2D eigenvalue weighted by Crippen LogP contribution is -2.47. The fourth-order valence-electron chi connectivity index (χ4n) is 7.30. The molecule has 2 unspecified atom stereocenters. The molecule has 1 amide bonds. The number of hydrogen-bond donors (Lipinski definition) is 0. The van der Waals surface area contributed by atoms with Gasteiger partial charge in [0.25, 0.3) is 0 Å². The molecule has 0 aliphatic carbocycles. The Hall–Kier alpha value is -5.11. The predicted molar refractivity (Wildman–Crippen MR) is 213 cm³/mol. The average molecular weight is 728 g/mol. The minimum absolute atomic E-state index is 0.00561. The van der Waals surface area contributed by atoms with Crippen molar-refractivity contribution >= 4 is 6.09 Å². The number of carbonyl (C=O) groups is 1. The van der Waals surface area contributed by atoms with Gasteiger partial charge >= 0.3 is 6.09 Å². The summed E-state index contributed by atoms with van der Waals surface area (Å²) in [6.45, 7) is 8.89. The van der Waals surface area contributed by atoms with Gasteiger partial charge in [0.1, 0.15) is 22.7 Å². The molecule has 2 atom stereocenters. The molecule has 5 aromatic rings. The zero-order valence-corrected chi connectivity index (χ0v) is 32.0. The Morgan fingerprint density at radius 3 is 1.87 bits per heavy atom. The number of benzene rings is 5. The molecule has 0 aromatic heterocycles. The summed E-state index contributed by atoms with van der Waals surface area (Å²) < 4.78 is 30.6. The van der Waals surface area contributed by atoms with Crippen LogP contribution in [0.2, 0.25) is 0 Å². The number of rotatable bonds is 15. The Morgan fingerprint density at radius 2 is 1.30 bits per heavy atom. The molecule has 6 rings (SSSR count). The predicted octanol–water partition coefficient (Wildman–Crippen LogP) is 10.0. The van der Waals surface area contributed by atoms with Crippen LogP contribution in [-0.4, -0.2) is 56.6 Å². The molecular weight excluding hydrogens is 675 g/mol. The molecule has 1 aliphatic rings. The quantitative estimate of drug-likeness (QED) is 0.0790. The summed E-state index contributed by atoms with van der Waals surface area (Å²) in [4.78, 5) is 15.3. The van der Waals surface area contributed by atoms with Gasteiger partial charge in [0.15, 0.2) is 0 Å². The molecule has 1 aliphatic heterocycles. The van der Waals surface area contributed by atoms with Crippen LogP contribution in [0.25, 0.3) is 0 Å². The zero-order chi connectivity index (χ0) is 37.8. The summed E-state index contributed by atoms with van der Waals surface area (Å²) in [6, 6.07) is 47.6. The number of methoxy groups -OCH3 is 1. The summed E-state index contributed by atoms with van der Waals surface area (Å²) in [5.41, 5.74) is 3.92. The second-order valence-electron chi connectivity index (χ2n) is 14.8. The number of hydrogen-bond acceptors (Lipinski definition) is 6. The Kier molecular flexibility index (Phi) is 13.1. The number of carbonyl (C=O) groups excluding carboxylic acids is 1. The standard InChI is InChI=1S/C47H53NO6/c1-46(2,3)54-45(49)48-30-29-43(36-25-27-42(28-26-36)52-32-16-31-51-34-37-17-14-15-24-44(37)50-4)38(33-48)35-53-47(39-18-8-5-9-19-39,40-20-10-6-11-21-40)41-22-12-7-13-23-41/h5-15,17-28,38,43H,16,29-35H2,1-4H3. The number of para-hydroxylation sites is 1. The van der Waals surface area contributed by atoms with Gasteiger partial charge in [-0.1, -0.05) is 121 Å². The van der Waals surface area contributed by atoms with Crippen molar-refractivity contribution in [3.05, 3.63) is 167 Å². The first kappa shape index (κ1) is 38.6. The van der Waals surface area contributed by atoms with Crippen molar-refractivity contribution in [1.82, 2.24) is 4.90 Å². The average Bonchev–Trinajstić information content (AvgIpc) is 3.20. The number of piperidine rings is 1. The van der Waals surface area contributed by atoms with Crippen LogP contribution in [0.15, 0.2) is 140 Å². The van der Waals surface area contributed by atoms with E-state index >= 15 is 0 Å². The van der Waals surface area contributed by atoms with E-state index in [0.717, 1.165) is 46.6 Å². The van der Waals surface area contributed by atoms with Crippen LogP contribution in [0, 0.1) is 5.92 Å². The van der Waals surface area contributed by atoms with Crippen molar-refractivity contribution in [3.63, 3.8) is 0 Å². The molecule has 0 N–H and O–H groups in total. The first-order chi connectivity index (χ1) is 26.3. The Morgan fingerprint density at radius 1 is 0.722 bits per heavy atom. The van der Waals surface area contributed by atoms with Gasteiger partial charge in [-0.15, -0.1) is 0 Å². The second kappa shape index (κ2) is 18.3. The summed E-state index contributed by atoms with van der Waals surface area (Å²) in [5.74, 6) is 1.80. The second-order valence-corrected chi connectivity index (χ2v) is 14.8. The summed E-state index contributed by atoms with van der Waals surface area (Å²) in [7, 11) is 1.67. The van der Waals surface area contributed by atoms with Crippen LogP contribution in [0.5, 0.6) is 11.5 Å². The number of likely N-dealkylation sites (tertiary alicyclic amines) is 1. The SMILES string of the molecule is COc1ccccc1COCCCOc1ccc(C2CCN(C(=O)OC(C)(C)C)CC2COC(c2ccccc2)(c2ccccc2)c2ccccc2)cc1. The maximum atomic E-state index is 13.4. The maximum absolute atomic E-state index is 13.4. The molecule has 7 heteroatoms. The van der Waals surface area contributed by atoms with Gasteiger partial charge in [0.2, 0.25) is 0 Å². The van der Waals surface area contributed by atoms with Crippen LogP contribution in [-0.2, 0) is 26.4 Å². The zero-order valence-electron chi connectivity index (χ0n) is 32.0.